The molecule has 9 nitrogen and oxygen atoms in total. The van der Waals surface area contributed by atoms with E-state index in [9.17, 15) is 13.6 Å². The largest absolute Gasteiger partial charge is 0.443 e. The van der Waals surface area contributed by atoms with Gasteiger partial charge in [0, 0.05) is 41.3 Å². The number of nitrogens with one attached hydrogen (secondary N) is 2. The molecule has 1 aromatic rings. The standard InChI is InChI=1S/C17H21F2N7O2S/c1-21-6-10-8-26(17(27)28-10)9-13-11(12(20)2-3-23-16(18)19)7-24-14(25-13)15-22-4-5-29-15/h2-5,10,16,21H,6-9,20H2,1H3,(H,24,25). The van der Waals surface area contributed by atoms with Gasteiger partial charge in [0.25, 0.3) is 0 Å². The van der Waals surface area contributed by atoms with Gasteiger partial charge in [0.1, 0.15) is 6.10 Å². The third-order valence-corrected chi connectivity index (χ3v) is 4.98. The smallest absolute Gasteiger partial charge is 0.410 e. The first-order valence-corrected chi connectivity index (χ1v) is 9.67. The first kappa shape index (κ1) is 20.9. The molecule has 2 aliphatic heterocycles. The molecule has 0 saturated carbocycles. The number of carbonyl (C=O) groups excluding carboxylic acids is 1. The molecule has 0 aliphatic carbocycles. The SMILES string of the molecule is CNCC1CN(CC2=C(C(N)=CC=NC(F)F)CN=C(c3nccs3)N2)C(=O)O1. The quantitative estimate of drug-likeness (QED) is 0.421. The van der Waals surface area contributed by atoms with Crippen molar-refractivity contribution in [2.45, 2.75) is 12.7 Å². The van der Waals surface area contributed by atoms with Gasteiger partial charge in [-0.2, -0.15) is 8.78 Å². The Balaban J connectivity index is 1.83. The van der Waals surface area contributed by atoms with Crippen LogP contribution >= 0.6 is 11.3 Å². The Labute approximate surface area is 170 Å². The number of aliphatic imine (C=N–C) groups is 2. The van der Waals surface area contributed by atoms with Crippen molar-refractivity contribution in [1.29, 1.82) is 0 Å². The highest BCUT2D eigenvalue weighted by molar-refractivity contribution is 7.11. The Hall–Kier alpha value is -2.86. The fourth-order valence-corrected chi connectivity index (χ4v) is 3.49. The molecule has 29 heavy (non-hydrogen) atoms. The van der Waals surface area contributed by atoms with Gasteiger partial charge in [0.05, 0.1) is 19.6 Å². The lowest BCUT2D eigenvalue weighted by molar-refractivity contribution is 0.133. The van der Waals surface area contributed by atoms with E-state index >= 15 is 0 Å². The molecule has 0 radical (unpaired) electrons. The summed E-state index contributed by atoms with van der Waals surface area (Å²) in [6.45, 7) is -1.43. The lowest BCUT2D eigenvalue weighted by Crippen LogP contribution is -2.39. The number of halogens is 2. The lowest BCUT2D eigenvalue weighted by atomic mass is 10.1. The van der Waals surface area contributed by atoms with E-state index in [4.69, 9.17) is 10.5 Å². The Kier molecular flexibility index (Phi) is 6.88. The molecule has 1 unspecified atom stereocenters. The van der Waals surface area contributed by atoms with Crippen LogP contribution in [0, 0.1) is 0 Å². The summed E-state index contributed by atoms with van der Waals surface area (Å²) in [5.74, 6) is 0.562. The Morgan fingerprint density at radius 3 is 3.14 bits per heavy atom. The number of rotatable bonds is 8. The number of cyclic esters (lactones) is 1. The maximum absolute atomic E-state index is 12.2. The second-order valence-electron chi connectivity index (χ2n) is 6.23. The Morgan fingerprint density at radius 2 is 2.45 bits per heavy atom. The molecular formula is C17H21F2N7O2S. The van der Waals surface area contributed by atoms with Crippen molar-refractivity contribution in [3.63, 3.8) is 0 Å². The molecule has 1 amide bonds. The number of nitrogens with two attached hydrogens (primary N) is 1. The van der Waals surface area contributed by atoms with Crippen LogP contribution in [0.3, 0.4) is 0 Å². The Morgan fingerprint density at radius 1 is 1.62 bits per heavy atom. The highest BCUT2D eigenvalue weighted by Gasteiger charge is 2.32. The molecule has 3 rings (SSSR count). The number of allylic oxidation sites excluding steroid dienone is 1. The summed E-state index contributed by atoms with van der Waals surface area (Å²) in [5, 5.41) is 8.68. The van der Waals surface area contributed by atoms with Crippen molar-refractivity contribution in [2.75, 3.05) is 33.2 Å². The normalized spacial score (nSPS) is 20.5. The summed E-state index contributed by atoms with van der Waals surface area (Å²) in [7, 11) is 1.78. The van der Waals surface area contributed by atoms with Crippen LogP contribution in [0.5, 0.6) is 0 Å². The zero-order chi connectivity index (χ0) is 20.8. The zero-order valence-electron chi connectivity index (χ0n) is 15.6. The number of amidine groups is 1. The molecule has 1 fully saturated rings. The monoisotopic (exact) mass is 425 g/mol. The van der Waals surface area contributed by atoms with Crippen molar-refractivity contribution in [3.05, 3.63) is 39.6 Å². The van der Waals surface area contributed by atoms with Gasteiger partial charge in [-0.1, -0.05) is 0 Å². The average Bonchev–Trinajstić information content (AvgIpc) is 3.32. The number of alkyl halides is 2. The van der Waals surface area contributed by atoms with Crippen LogP contribution in [-0.4, -0.2) is 73.9 Å². The summed E-state index contributed by atoms with van der Waals surface area (Å²) < 4.78 is 29.8. The topological polar surface area (TPSA) is 117 Å². The second-order valence-corrected chi connectivity index (χ2v) is 7.12. The molecule has 1 saturated heterocycles. The molecule has 3 heterocycles. The van der Waals surface area contributed by atoms with Crippen molar-refractivity contribution in [3.8, 4) is 0 Å². The molecule has 0 spiro atoms. The maximum Gasteiger partial charge on any atom is 0.410 e. The van der Waals surface area contributed by atoms with Gasteiger partial charge in [-0.05, 0) is 13.1 Å². The fourth-order valence-electron chi connectivity index (χ4n) is 2.89. The highest BCUT2D eigenvalue weighted by Crippen LogP contribution is 2.20. The average molecular weight is 425 g/mol. The van der Waals surface area contributed by atoms with E-state index in [1.807, 2.05) is 5.38 Å². The Bertz CT molecular complexity index is 852. The highest BCUT2D eigenvalue weighted by atomic mass is 32.1. The minimum atomic E-state index is -2.81. The number of likely N-dealkylation sites (N-methyl/N-ethyl adjacent to an activating group) is 1. The van der Waals surface area contributed by atoms with Crippen molar-refractivity contribution in [2.24, 2.45) is 15.7 Å². The first-order valence-electron chi connectivity index (χ1n) is 8.79. The number of carbonyl (C=O) groups is 1. The molecular weight excluding hydrogens is 404 g/mol. The van der Waals surface area contributed by atoms with Crippen molar-refractivity contribution < 1.29 is 18.3 Å². The molecule has 156 valence electrons. The summed E-state index contributed by atoms with van der Waals surface area (Å²) in [5.41, 5.74) is 7.53. The molecule has 1 atom stereocenters. The predicted molar refractivity (Wildman–Crippen MR) is 106 cm³/mol. The van der Waals surface area contributed by atoms with E-state index < -0.39 is 12.6 Å². The third kappa shape index (κ3) is 5.35. The van der Waals surface area contributed by atoms with E-state index in [0.717, 1.165) is 6.21 Å². The van der Waals surface area contributed by atoms with Gasteiger partial charge < -0.3 is 21.1 Å². The summed E-state index contributed by atoms with van der Waals surface area (Å²) in [4.78, 5) is 25.4. The summed E-state index contributed by atoms with van der Waals surface area (Å²) in [6.07, 6.45) is 3.23. The first-order chi connectivity index (χ1) is 14.0. The number of thiazole rings is 1. The summed E-state index contributed by atoms with van der Waals surface area (Å²) in [6, 6.07) is 0. The number of amides is 1. The van der Waals surface area contributed by atoms with Gasteiger partial charge in [-0.15, -0.1) is 11.3 Å². The molecule has 0 aromatic carbocycles. The predicted octanol–water partition coefficient (Wildman–Crippen LogP) is 0.923. The van der Waals surface area contributed by atoms with Crippen LogP contribution in [0.4, 0.5) is 13.6 Å². The molecule has 12 heteroatoms. The van der Waals surface area contributed by atoms with Crippen LogP contribution in [0.15, 0.2) is 44.6 Å². The number of ether oxygens (including phenoxy) is 1. The van der Waals surface area contributed by atoms with Crippen LogP contribution < -0.4 is 16.4 Å². The number of hydrogen-bond acceptors (Lipinski definition) is 9. The van der Waals surface area contributed by atoms with Gasteiger partial charge in [0.2, 0.25) is 0 Å². The fraction of sp³-hybridized carbons (Fsp3) is 0.412. The van der Waals surface area contributed by atoms with Crippen molar-refractivity contribution >= 4 is 29.5 Å². The number of hydrogen-bond donors (Lipinski definition) is 3. The third-order valence-electron chi connectivity index (χ3n) is 4.20. The van der Waals surface area contributed by atoms with E-state index in [1.165, 1.54) is 17.4 Å². The van der Waals surface area contributed by atoms with Crippen LogP contribution in [0.25, 0.3) is 0 Å². The van der Waals surface area contributed by atoms with Crippen LogP contribution in [0.2, 0.25) is 0 Å². The molecule has 4 N–H and O–H groups in total. The zero-order valence-corrected chi connectivity index (χ0v) is 16.5. The van der Waals surface area contributed by atoms with E-state index in [1.54, 1.807) is 18.1 Å². The lowest BCUT2D eigenvalue weighted by Gasteiger charge is -2.24. The van der Waals surface area contributed by atoms with E-state index in [-0.39, 0.29) is 24.9 Å². The van der Waals surface area contributed by atoms with E-state index in [2.05, 4.69) is 25.6 Å². The summed E-state index contributed by atoms with van der Waals surface area (Å²) >= 11 is 1.42. The van der Waals surface area contributed by atoms with Crippen LogP contribution in [-0.2, 0) is 4.74 Å². The molecule has 2 aliphatic rings. The van der Waals surface area contributed by atoms with Gasteiger partial charge in [0.15, 0.2) is 10.8 Å². The minimum absolute atomic E-state index is 0.208. The maximum atomic E-state index is 12.2. The number of aromatic nitrogens is 1. The number of nitrogens with zero attached hydrogens (tertiary/aromatic N) is 4. The van der Waals surface area contributed by atoms with Gasteiger partial charge in [-0.25, -0.2) is 14.8 Å². The molecule has 0 bridgehead atoms. The molecule has 1 aromatic heterocycles. The van der Waals surface area contributed by atoms with Gasteiger partial charge in [-0.3, -0.25) is 9.89 Å². The van der Waals surface area contributed by atoms with Crippen molar-refractivity contribution in [1.82, 2.24) is 20.5 Å². The minimum Gasteiger partial charge on any atom is -0.443 e. The van der Waals surface area contributed by atoms with Crippen LogP contribution in [0.1, 0.15) is 5.01 Å². The second kappa shape index (κ2) is 9.56. The van der Waals surface area contributed by atoms with E-state index in [0.29, 0.717) is 35.2 Å². The van der Waals surface area contributed by atoms with Gasteiger partial charge >= 0.3 is 12.6 Å².